The molecular weight excluding hydrogens is 263 g/mol. The van der Waals surface area contributed by atoms with Crippen molar-refractivity contribution in [1.29, 1.82) is 5.26 Å². The van der Waals surface area contributed by atoms with E-state index in [0.29, 0.717) is 25.4 Å². The lowest BCUT2D eigenvalue weighted by atomic mass is 10.1. The first kappa shape index (κ1) is 14.3. The first-order valence-corrected chi connectivity index (χ1v) is 6.26. The van der Waals surface area contributed by atoms with Crippen LogP contribution in [0, 0.1) is 17.1 Å². The number of carbonyl (C=O) groups excluding carboxylic acids is 1. The number of esters is 1. The third-order valence-corrected chi connectivity index (χ3v) is 3.14. The highest BCUT2D eigenvalue weighted by Gasteiger charge is 2.24. The summed E-state index contributed by atoms with van der Waals surface area (Å²) in [6.45, 7) is 1.50. The third-order valence-electron chi connectivity index (χ3n) is 3.14. The minimum absolute atomic E-state index is 0.160. The van der Waals surface area contributed by atoms with Crippen LogP contribution < -0.4 is 4.90 Å². The predicted molar refractivity (Wildman–Crippen MR) is 69.7 cm³/mol. The molecule has 0 spiro atoms. The smallest absolute Gasteiger partial charge is 0.308 e. The molecule has 0 saturated carbocycles. The van der Waals surface area contributed by atoms with Gasteiger partial charge in [-0.3, -0.25) is 4.79 Å². The maximum absolute atomic E-state index is 13.4. The van der Waals surface area contributed by atoms with Gasteiger partial charge >= 0.3 is 5.97 Å². The van der Waals surface area contributed by atoms with Crippen molar-refractivity contribution in [2.24, 2.45) is 0 Å². The summed E-state index contributed by atoms with van der Waals surface area (Å²) >= 11 is 0. The molecule has 1 atom stereocenters. The lowest BCUT2D eigenvalue weighted by molar-refractivity contribution is -0.144. The standard InChI is InChI=1S/C14H15FN2O3/c1-19-14(18)7-13-9-17(2-3-20-13)12-5-10(8-16)4-11(15)6-12/h4-6,13H,2-3,7,9H2,1H3. The van der Waals surface area contributed by atoms with Crippen LogP contribution in [0.1, 0.15) is 12.0 Å². The van der Waals surface area contributed by atoms with Gasteiger partial charge in [-0.05, 0) is 18.2 Å². The molecule has 2 rings (SSSR count). The molecule has 5 nitrogen and oxygen atoms in total. The predicted octanol–water partition coefficient (Wildman–Crippen LogP) is 1.47. The van der Waals surface area contributed by atoms with Gasteiger partial charge in [-0.25, -0.2) is 4.39 Å². The van der Waals surface area contributed by atoms with E-state index in [4.69, 9.17) is 10.00 Å². The monoisotopic (exact) mass is 278 g/mol. The first-order chi connectivity index (χ1) is 9.62. The van der Waals surface area contributed by atoms with Crippen molar-refractivity contribution in [1.82, 2.24) is 0 Å². The van der Waals surface area contributed by atoms with E-state index in [1.807, 2.05) is 11.0 Å². The van der Waals surface area contributed by atoms with Gasteiger partial charge in [0.2, 0.25) is 0 Å². The Morgan fingerprint density at radius 1 is 1.60 bits per heavy atom. The third kappa shape index (κ3) is 3.45. The lowest BCUT2D eigenvalue weighted by Crippen LogP contribution is -2.43. The SMILES string of the molecule is COC(=O)CC1CN(c2cc(F)cc(C#N)c2)CCO1. The molecule has 1 heterocycles. The molecule has 0 amide bonds. The zero-order valence-electron chi connectivity index (χ0n) is 11.1. The molecule has 0 bridgehead atoms. The van der Waals surface area contributed by atoms with E-state index in [2.05, 4.69) is 4.74 Å². The van der Waals surface area contributed by atoms with Crippen LogP contribution >= 0.6 is 0 Å². The molecule has 1 unspecified atom stereocenters. The van der Waals surface area contributed by atoms with E-state index >= 15 is 0 Å². The minimum atomic E-state index is -0.449. The fourth-order valence-corrected chi connectivity index (χ4v) is 2.17. The van der Waals surface area contributed by atoms with Crippen LogP contribution in [0.2, 0.25) is 0 Å². The number of nitriles is 1. The molecule has 0 radical (unpaired) electrons. The summed E-state index contributed by atoms with van der Waals surface area (Å²) in [5.74, 6) is -0.788. The topological polar surface area (TPSA) is 62.6 Å². The molecule has 0 N–H and O–H groups in total. The maximum atomic E-state index is 13.4. The largest absolute Gasteiger partial charge is 0.469 e. The van der Waals surface area contributed by atoms with E-state index in [1.165, 1.54) is 19.2 Å². The van der Waals surface area contributed by atoms with Crippen molar-refractivity contribution in [3.05, 3.63) is 29.6 Å². The number of anilines is 1. The van der Waals surface area contributed by atoms with E-state index < -0.39 is 5.82 Å². The Balaban J connectivity index is 2.11. The molecule has 1 aliphatic rings. The number of carbonyl (C=O) groups is 1. The van der Waals surface area contributed by atoms with E-state index in [9.17, 15) is 9.18 Å². The van der Waals surface area contributed by atoms with Gasteiger partial charge in [-0.2, -0.15) is 5.26 Å². The molecule has 1 aromatic carbocycles. The van der Waals surface area contributed by atoms with Gasteiger partial charge in [-0.1, -0.05) is 0 Å². The molecule has 1 fully saturated rings. The van der Waals surface area contributed by atoms with Crippen molar-refractivity contribution in [3.63, 3.8) is 0 Å². The fourth-order valence-electron chi connectivity index (χ4n) is 2.17. The van der Waals surface area contributed by atoms with Gasteiger partial charge < -0.3 is 14.4 Å². The summed E-state index contributed by atoms with van der Waals surface area (Å²) in [5, 5.41) is 8.87. The molecule has 0 aliphatic carbocycles. The van der Waals surface area contributed by atoms with Crippen molar-refractivity contribution in [2.75, 3.05) is 31.7 Å². The van der Waals surface area contributed by atoms with E-state index in [1.54, 1.807) is 6.07 Å². The fraction of sp³-hybridized carbons (Fsp3) is 0.429. The molecule has 6 heteroatoms. The number of hydrogen-bond acceptors (Lipinski definition) is 5. The Hall–Kier alpha value is -2.13. The number of benzene rings is 1. The van der Waals surface area contributed by atoms with Crippen LogP contribution in [-0.4, -0.2) is 38.9 Å². The normalized spacial score (nSPS) is 18.4. The van der Waals surface area contributed by atoms with E-state index in [0.717, 1.165) is 0 Å². The summed E-state index contributed by atoms with van der Waals surface area (Å²) in [6, 6.07) is 6.12. The summed E-state index contributed by atoms with van der Waals surface area (Å²) in [6.07, 6.45) is -0.127. The molecule has 0 aromatic heterocycles. The van der Waals surface area contributed by atoms with Gasteiger partial charge in [-0.15, -0.1) is 0 Å². The Kier molecular flexibility index (Phi) is 4.53. The maximum Gasteiger partial charge on any atom is 0.308 e. The van der Waals surface area contributed by atoms with E-state index in [-0.39, 0.29) is 24.1 Å². The molecule has 1 aromatic rings. The number of hydrogen-bond donors (Lipinski definition) is 0. The Morgan fingerprint density at radius 3 is 3.10 bits per heavy atom. The van der Waals surface area contributed by atoms with Crippen LogP contribution in [0.4, 0.5) is 10.1 Å². The van der Waals surface area contributed by atoms with Crippen LogP contribution in [-0.2, 0) is 14.3 Å². The first-order valence-electron chi connectivity index (χ1n) is 6.26. The summed E-state index contributed by atoms with van der Waals surface area (Å²) in [7, 11) is 1.33. The Labute approximate surface area is 116 Å². The second kappa shape index (κ2) is 6.35. The quantitative estimate of drug-likeness (QED) is 0.783. The van der Waals surface area contributed by atoms with Gasteiger partial charge in [0, 0.05) is 18.8 Å². The summed E-state index contributed by atoms with van der Waals surface area (Å²) in [5.41, 5.74) is 0.899. The molecule has 20 heavy (non-hydrogen) atoms. The van der Waals surface area contributed by atoms with Crippen molar-refractivity contribution < 1.29 is 18.7 Å². The average Bonchev–Trinajstić information content (AvgIpc) is 2.46. The van der Waals surface area contributed by atoms with Crippen molar-refractivity contribution >= 4 is 11.7 Å². The van der Waals surface area contributed by atoms with Crippen molar-refractivity contribution in [3.8, 4) is 6.07 Å². The van der Waals surface area contributed by atoms with Crippen LogP contribution in [0.15, 0.2) is 18.2 Å². The zero-order chi connectivity index (χ0) is 14.5. The van der Waals surface area contributed by atoms with Gasteiger partial charge in [0.25, 0.3) is 0 Å². The zero-order valence-corrected chi connectivity index (χ0v) is 11.1. The minimum Gasteiger partial charge on any atom is -0.469 e. The second-order valence-electron chi connectivity index (χ2n) is 4.53. The second-order valence-corrected chi connectivity index (χ2v) is 4.53. The molecule has 1 aliphatic heterocycles. The highest BCUT2D eigenvalue weighted by atomic mass is 19.1. The van der Waals surface area contributed by atoms with Crippen LogP contribution in [0.25, 0.3) is 0 Å². The molecule has 106 valence electrons. The summed E-state index contributed by atoms with van der Waals surface area (Å²) < 4.78 is 23.5. The van der Waals surface area contributed by atoms with Crippen molar-refractivity contribution in [2.45, 2.75) is 12.5 Å². The number of nitrogens with zero attached hydrogens (tertiary/aromatic N) is 2. The number of halogens is 1. The van der Waals surface area contributed by atoms with Crippen LogP contribution in [0.5, 0.6) is 0 Å². The number of ether oxygens (including phenoxy) is 2. The number of morpholine rings is 1. The van der Waals surface area contributed by atoms with Gasteiger partial charge in [0.15, 0.2) is 0 Å². The van der Waals surface area contributed by atoms with Gasteiger partial charge in [0.05, 0.1) is 37.9 Å². The molecular formula is C14H15FN2O3. The summed E-state index contributed by atoms with van der Waals surface area (Å²) in [4.78, 5) is 13.2. The lowest BCUT2D eigenvalue weighted by Gasteiger charge is -2.34. The average molecular weight is 278 g/mol. The molecule has 1 saturated heterocycles. The van der Waals surface area contributed by atoms with Gasteiger partial charge in [0.1, 0.15) is 5.82 Å². The number of methoxy groups -OCH3 is 1. The van der Waals surface area contributed by atoms with Crippen LogP contribution in [0.3, 0.4) is 0 Å². The number of rotatable bonds is 3. The highest BCUT2D eigenvalue weighted by molar-refractivity contribution is 5.70. The Morgan fingerprint density at radius 2 is 2.40 bits per heavy atom. The highest BCUT2D eigenvalue weighted by Crippen LogP contribution is 2.21. The Bertz CT molecular complexity index is 542.